The molecule has 0 radical (unpaired) electrons. The van der Waals surface area contributed by atoms with Gasteiger partial charge in [0.2, 0.25) is 0 Å². The van der Waals surface area contributed by atoms with Crippen LogP contribution >= 0.6 is 0 Å². The third kappa shape index (κ3) is 5.62. The minimum Gasteiger partial charge on any atom is -0.255 e. The third-order valence-corrected chi connectivity index (χ3v) is 20.3. The van der Waals surface area contributed by atoms with Crippen LogP contribution < -0.4 is 0 Å². The molecule has 2 rings (SSSR count). The maximum atomic E-state index is 4.72. The molecule has 0 aliphatic heterocycles. The zero-order valence-electron chi connectivity index (χ0n) is 22.9. The second-order valence-electron chi connectivity index (χ2n) is 13.0. The lowest BCUT2D eigenvalue weighted by Crippen LogP contribution is -2.44. The van der Waals surface area contributed by atoms with Crippen molar-refractivity contribution in [3.05, 3.63) is 47.8 Å². The summed E-state index contributed by atoms with van der Waals surface area (Å²) >= 11 is 0. The monoisotopic (exact) mass is 468 g/mol. The predicted octanol–water partition coefficient (Wildman–Crippen LogP) is 8.60. The van der Waals surface area contributed by atoms with Gasteiger partial charge in [0.25, 0.3) is 0 Å². The summed E-state index contributed by atoms with van der Waals surface area (Å²) in [5, 5.41) is 0.766. The highest BCUT2D eigenvalue weighted by molar-refractivity contribution is 6.80. The summed E-state index contributed by atoms with van der Waals surface area (Å²) in [4.78, 5) is 9.43. The van der Waals surface area contributed by atoms with Gasteiger partial charge in [-0.2, -0.15) is 0 Å². The van der Waals surface area contributed by atoms with E-state index in [9.17, 15) is 0 Å². The molecular formula is C28H48N2Si2. The summed E-state index contributed by atoms with van der Waals surface area (Å²) in [5.41, 5.74) is 4.84. The summed E-state index contributed by atoms with van der Waals surface area (Å²) in [6.07, 6.45) is 3.96. The fourth-order valence-electron chi connectivity index (χ4n) is 4.49. The molecular weight excluding hydrogens is 420 g/mol. The van der Waals surface area contributed by atoms with E-state index in [1.807, 2.05) is 12.4 Å². The van der Waals surface area contributed by atoms with E-state index in [1.165, 1.54) is 23.2 Å². The van der Waals surface area contributed by atoms with Gasteiger partial charge in [-0.25, -0.2) is 0 Å². The lowest BCUT2D eigenvalue weighted by molar-refractivity contribution is 0.456. The molecule has 32 heavy (non-hydrogen) atoms. The van der Waals surface area contributed by atoms with E-state index in [1.54, 1.807) is 0 Å². The third-order valence-electron chi connectivity index (χ3n) is 9.58. The Balaban J connectivity index is 2.32. The molecule has 2 aromatic rings. The maximum absolute atomic E-state index is 4.72. The number of hydrogen-bond donors (Lipinski definition) is 0. The lowest BCUT2D eigenvalue weighted by Gasteiger charge is -2.44. The number of hydrogen-bond acceptors (Lipinski definition) is 2. The van der Waals surface area contributed by atoms with Crippen molar-refractivity contribution in [2.24, 2.45) is 11.8 Å². The van der Waals surface area contributed by atoms with Crippen molar-refractivity contribution < 1.29 is 0 Å². The zero-order chi connectivity index (χ0) is 24.5. The SMILES string of the molecule is CC(C)C(C)(C)[Si](C)(C)Cc1ccnc(-c2cc(C[Si](C)(C)C(C)(C)C(C)C)ccn2)c1. The van der Waals surface area contributed by atoms with E-state index in [0.717, 1.165) is 11.4 Å². The first-order valence-electron chi connectivity index (χ1n) is 12.4. The molecule has 0 N–H and O–H groups in total. The molecule has 0 saturated heterocycles. The normalized spacial score (nSPS) is 13.8. The van der Waals surface area contributed by atoms with Gasteiger partial charge in [0.05, 0.1) is 27.5 Å². The second kappa shape index (κ2) is 9.54. The van der Waals surface area contributed by atoms with Crippen LogP contribution in [-0.4, -0.2) is 26.1 Å². The van der Waals surface area contributed by atoms with Gasteiger partial charge >= 0.3 is 0 Å². The van der Waals surface area contributed by atoms with Gasteiger partial charge in [-0.3, -0.25) is 9.97 Å². The summed E-state index contributed by atoms with van der Waals surface area (Å²) in [5.74, 6) is 1.37. The van der Waals surface area contributed by atoms with Crippen molar-refractivity contribution in [3.63, 3.8) is 0 Å². The maximum Gasteiger partial charge on any atom is 0.0888 e. The van der Waals surface area contributed by atoms with Gasteiger partial charge in [0.15, 0.2) is 0 Å². The molecule has 0 fully saturated rings. The first-order valence-corrected chi connectivity index (χ1v) is 18.8. The topological polar surface area (TPSA) is 25.8 Å². The summed E-state index contributed by atoms with van der Waals surface area (Å²) in [7, 11) is -2.95. The van der Waals surface area contributed by atoms with Gasteiger partial charge in [-0.1, -0.05) is 81.6 Å². The average Bonchev–Trinajstić information content (AvgIpc) is 2.67. The first kappa shape index (κ1) is 27.0. The smallest absolute Gasteiger partial charge is 0.0888 e. The highest BCUT2D eigenvalue weighted by Gasteiger charge is 2.42. The molecule has 0 unspecified atom stereocenters. The molecule has 0 saturated carbocycles. The van der Waals surface area contributed by atoms with E-state index in [0.29, 0.717) is 21.9 Å². The fraction of sp³-hybridized carbons (Fsp3) is 0.643. The molecule has 2 heterocycles. The van der Waals surface area contributed by atoms with Gasteiger partial charge in [-0.05, 0) is 69.4 Å². The van der Waals surface area contributed by atoms with E-state index in [4.69, 9.17) is 9.97 Å². The Labute approximate surface area is 200 Å². The average molecular weight is 469 g/mol. The van der Waals surface area contributed by atoms with Crippen molar-refractivity contribution >= 4 is 16.1 Å². The highest BCUT2D eigenvalue weighted by Crippen LogP contribution is 2.46. The van der Waals surface area contributed by atoms with E-state index >= 15 is 0 Å². The van der Waals surface area contributed by atoms with Crippen LogP contribution in [0.2, 0.25) is 36.3 Å². The summed E-state index contributed by atoms with van der Waals surface area (Å²) < 4.78 is 0. The summed E-state index contributed by atoms with van der Waals surface area (Å²) in [6.45, 7) is 29.5. The predicted molar refractivity (Wildman–Crippen MR) is 148 cm³/mol. The van der Waals surface area contributed by atoms with E-state index in [2.05, 4.69) is 106 Å². The Morgan fingerprint density at radius 2 is 0.969 bits per heavy atom. The molecule has 0 aliphatic rings. The second-order valence-corrected chi connectivity index (χ2v) is 23.8. The lowest BCUT2D eigenvalue weighted by atomic mass is 9.99. The van der Waals surface area contributed by atoms with E-state index in [-0.39, 0.29) is 0 Å². The Hall–Kier alpha value is -1.27. The van der Waals surface area contributed by atoms with Gasteiger partial charge in [0.1, 0.15) is 0 Å². The molecule has 0 bridgehead atoms. The quantitative estimate of drug-likeness (QED) is 0.344. The Bertz CT molecular complexity index is 836. The molecule has 4 heteroatoms. The molecule has 0 amide bonds. The van der Waals surface area contributed by atoms with Gasteiger partial charge in [-0.15, -0.1) is 0 Å². The van der Waals surface area contributed by atoms with Crippen LogP contribution in [0, 0.1) is 11.8 Å². The van der Waals surface area contributed by atoms with E-state index < -0.39 is 16.1 Å². The molecule has 0 aromatic carbocycles. The standard InChI is InChI=1S/C28H48N2Si2/c1-21(2)27(5,6)31(9,10)19-23-13-15-29-25(17-23)26-18-24(14-16-30-26)20-32(11,12)28(7,8)22(3)4/h13-18,21-22H,19-20H2,1-12H3. The molecule has 0 aliphatic carbocycles. The van der Waals surface area contributed by atoms with Crippen molar-refractivity contribution in [2.75, 3.05) is 0 Å². The molecule has 0 atom stereocenters. The minimum atomic E-state index is -1.48. The van der Waals surface area contributed by atoms with Crippen LogP contribution in [-0.2, 0) is 12.1 Å². The number of rotatable bonds is 9. The van der Waals surface area contributed by atoms with Crippen molar-refractivity contribution in [3.8, 4) is 11.4 Å². The van der Waals surface area contributed by atoms with Crippen LogP contribution in [0.25, 0.3) is 11.4 Å². The summed E-state index contributed by atoms with van der Waals surface area (Å²) in [6, 6.07) is 11.3. The highest BCUT2D eigenvalue weighted by atomic mass is 28.3. The Morgan fingerprint density at radius 1 is 0.656 bits per heavy atom. The molecule has 0 spiro atoms. The van der Waals surface area contributed by atoms with Gasteiger partial charge in [0, 0.05) is 12.4 Å². The molecule has 178 valence electrons. The fourth-order valence-corrected chi connectivity index (χ4v) is 11.0. The number of nitrogens with zero attached hydrogens (tertiary/aromatic N) is 2. The van der Waals surface area contributed by atoms with Crippen LogP contribution in [0.4, 0.5) is 0 Å². The van der Waals surface area contributed by atoms with Crippen molar-refractivity contribution in [1.82, 2.24) is 9.97 Å². The van der Waals surface area contributed by atoms with Crippen LogP contribution in [0.3, 0.4) is 0 Å². The zero-order valence-corrected chi connectivity index (χ0v) is 24.9. The molecule has 2 nitrogen and oxygen atoms in total. The Kier molecular flexibility index (Phi) is 8.04. The van der Waals surface area contributed by atoms with Crippen LogP contribution in [0.5, 0.6) is 0 Å². The van der Waals surface area contributed by atoms with Crippen LogP contribution in [0.1, 0.15) is 66.5 Å². The minimum absolute atomic E-state index is 0.383. The Morgan fingerprint density at radius 3 is 1.25 bits per heavy atom. The largest absolute Gasteiger partial charge is 0.255 e. The number of pyridine rings is 2. The van der Waals surface area contributed by atoms with Crippen molar-refractivity contribution in [1.29, 1.82) is 0 Å². The molecule has 2 aromatic heterocycles. The van der Waals surface area contributed by atoms with Crippen LogP contribution in [0.15, 0.2) is 36.7 Å². The van der Waals surface area contributed by atoms with Crippen molar-refractivity contribution in [2.45, 2.75) is 104 Å². The van der Waals surface area contributed by atoms with Gasteiger partial charge < -0.3 is 0 Å². The number of aromatic nitrogens is 2. The first-order chi connectivity index (χ1) is 14.5.